The highest BCUT2D eigenvalue weighted by atomic mass is 32.2. The Morgan fingerprint density at radius 2 is 1.25 bits per heavy atom. The van der Waals surface area contributed by atoms with E-state index in [0.29, 0.717) is 26.2 Å². The number of rotatable bonds is 14. The Hall–Kier alpha value is -1.85. The van der Waals surface area contributed by atoms with E-state index in [1.165, 1.54) is 31.3 Å². The molecule has 2 aromatic carbocycles. The van der Waals surface area contributed by atoms with Gasteiger partial charge in [0.15, 0.2) is 0 Å². The topological polar surface area (TPSA) is 82.1 Å². The molecule has 1 N–H and O–H groups in total. The van der Waals surface area contributed by atoms with Crippen LogP contribution in [-0.2, 0) is 36.6 Å². The average Bonchev–Trinajstić information content (AvgIpc) is 3.52. The standard InChI is InChI=1S/C14H18O4S2.C13H16O2S/c1-20(15,16)18-8-2-7-17-9-5-12-3-4-14-13(11-12)6-10-19-14;14-6-1-7-15-8-4-11-2-3-13-12(10-11)5-9-16-13/h3-4,6,10-11H,2,5,7-9H2,1H3;2-3,5,9-10,14H,1,4,6-8H2. The van der Waals surface area contributed by atoms with Crippen molar-refractivity contribution in [1.82, 2.24) is 0 Å². The summed E-state index contributed by atoms with van der Waals surface area (Å²) in [6.07, 6.45) is 4.16. The first-order valence-corrected chi connectivity index (χ1v) is 15.6. The van der Waals surface area contributed by atoms with Crippen molar-refractivity contribution >= 4 is 53.0 Å². The smallest absolute Gasteiger partial charge is 0.264 e. The SMILES string of the molecule is CS(=O)(=O)OCCCOCCc1ccc2sccc2c1.OCCCOCCc1ccc2sccc2c1. The summed E-state index contributed by atoms with van der Waals surface area (Å²) >= 11 is 3.51. The first kappa shape index (κ1) is 28.7. The Kier molecular flexibility index (Phi) is 12.3. The maximum Gasteiger partial charge on any atom is 0.264 e. The Morgan fingerprint density at radius 3 is 1.75 bits per heavy atom. The molecule has 2 aromatic heterocycles. The molecule has 0 saturated heterocycles. The van der Waals surface area contributed by atoms with Gasteiger partial charge in [0.1, 0.15) is 0 Å². The van der Waals surface area contributed by atoms with E-state index < -0.39 is 10.1 Å². The lowest BCUT2D eigenvalue weighted by atomic mass is 10.1. The van der Waals surface area contributed by atoms with Gasteiger partial charge < -0.3 is 14.6 Å². The molecule has 0 aliphatic carbocycles. The van der Waals surface area contributed by atoms with Gasteiger partial charge in [-0.15, -0.1) is 22.7 Å². The first-order valence-electron chi connectivity index (χ1n) is 12.0. The summed E-state index contributed by atoms with van der Waals surface area (Å²) in [6.45, 7) is 2.91. The summed E-state index contributed by atoms with van der Waals surface area (Å²) in [6, 6.07) is 17.3. The summed E-state index contributed by atoms with van der Waals surface area (Å²) in [4.78, 5) is 0. The van der Waals surface area contributed by atoms with Crippen LogP contribution in [0.1, 0.15) is 24.0 Å². The molecule has 0 aliphatic heterocycles. The minimum absolute atomic E-state index is 0.180. The van der Waals surface area contributed by atoms with Gasteiger partial charge in [-0.05, 0) is 82.6 Å². The third kappa shape index (κ3) is 10.6. The number of benzene rings is 2. The Labute approximate surface area is 221 Å². The predicted octanol–water partition coefficient (Wildman–Crippen LogP) is 5.67. The van der Waals surface area contributed by atoms with E-state index in [1.54, 1.807) is 22.7 Å². The highest BCUT2D eigenvalue weighted by molar-refractivity contribution is 7.85. The van der Waals surface area contributed by atoms with E-state index in [0.717, 1.165) is 32.1 Å². The van der Waals surface area contributed by atoms with Gasteiger partial charge in [0.2, 0.25) is 0 Å². The molecule has 2 heterocycles. The minimum Gasteiger partial charge on any atom is -0.396 e. The summed E-state index contributed by atoms with van der Waals surface area (Å²) in [5.74, 6) is 0. The molecule has 0 atom stereocenters. The van der Waals surface area contributed by atoms with Crippen LogP contribution < -0.4 is 0 Å². The van der Waals surface area contributed by atoms with Crippen LogP contribution in [0.25, 0.3) is 20.2 Å². The van der Waals surface area contributed by atoms with Crippen LogP contribution in [0.4, 0.5) is 0 Å². The molecule has 0 spiro atoms. The van der Waals surface area contributed by atoms with Crippen molar-refractivity contribution in [3.63, 3.8) is 0 Å². The first-order chi connectivity index (χ1) is 17.4. The Bertz CT molecular complexity index is 1280. The minimum atomic E-state index is -3.33. The largest absolute Gasteiger partial charge is 0.396 e. The number of hydrogen-bond donors (Lipinski definition) is 1. The third-order valence-corrected chi connectivity index (χ3v) is 7.67. The van der Waals surface area contributed by atoms with E-state index in [2.05, 4.69) is 63.5 Å². The number of fused-ring (bicyclic) bond motifs is 2. The molecule has 36 heavy (non-hydrogen) atoms. The highest BCUT2D eigenvalue weighted by Crippen LogP contribution is 2.22. The zero-order valence-electron chi connectivity index (χ0n) is 20.6. The average molecular weight is 551 g/mol. The molecule has 0 unspecified atom stereocenters. The summed E-state index contributed by atoms with van der Waals surface area (Å²) in [5, 5.41) is 15.4. The normalized spacial score (nSPS) is 11.6. The maximum absolute atomic E-state index is 10.7. The summed E-state index contributed by atoms with van der Waals surface area (Å²) in [5.41, 5.74) is 2.57. The molecule has 4 rings (SSSR count). The van der Waals surface area contributed by atoms with E-state index >= 15 is 0 Å². The van der Waals surface area contributed by atoms with Gasteiger partial charge in [0.05, 0.1) is 26.1 Å². The molecular weight excluding hydrogens is 516 g/mol. The van der Waals surface area contributed by atoms with E-state index in [9.17, 15) is 8.42 Å². The lowest BCUT2D eigenvalue weighted by molar-refractivity contribution is 0.118. The third-order valence-electron chi connectivity index (χ3n) is 5.28. The molecule has 4 aromatic rings. The Balaban J connectivity index is 0.000000205. The van der Waals surface area contributed by atoms with Crippen LogP contribution in [0, 0.1) is 0 Å². The zero-order chi connectivity index (χ0) is 25.6. The number of aliphatic hydroxyl groups is 1. The molecule has 6 nitrogen and oxygen atoms in total. The van der Waals surface area contributed by atoms with E-state index in [-0.39, 0.29) is 13.2 Å². The molecule has 0 fully saturated rings. The van der Waals surface area contributed by atoms with Crippen molar-refractivity contribution in [2.24, 2.45) is 0 Å². The zero-order valence-corrected chi connectivity index (χ0v) is 23.0. The maximum atomic E-state index is 10.7. The van der Waals surface area contributed by atoms with Crippen molar-refractivity contribution in [1.29, 1.82) is 0 Å². The van der Waals surface area contributed by atoms with Crippen molar-refractivity contribution in [3.05, 3.63) is 70.4 Å². The van der Waals surface area contributed by atoms with Crippen LogP contribution in [0.3, 0.4) is 0 Å². The summed E-state index contributed by atoms with van der Waals surface area (Å²) < 4.78 is 39.6. The molecule has 9 heteroatoms. The van der Waals surface area contributed by atoms with Gasteiger partial charge in [-0.3, -0.25) is 4.18 Å². The van der Waals surface area contributed by atoms with Crippen LogP contribution in [0.2, 0.25) is 0 Å². The number of hydrogen-bond acceptors (Lipinski definition) is 8. The van der Waals surface area contributed by atoms with E-state index in [4.69, 9.17) is 14.6 Å². The predicted molar refractivity (Wildman–Crippen MR) is 150 cm³/mol. The number of aliphatic hydroxyl groups excluding tert-OH is 1. The molecule has 0 saturated carbocycles. The van der Waals surface area contributed by atoms with Crippen LogP contribution in [0.5, 0.6) is 0 Å². The molecule has 0 radical (unpaired) electrons. The fourth-order valence-corrected chi connectivity index (χ4v) is 5.43. The van der Waals surface area contributed by atoms with Crippen molar-refractivity contribution in [3.8, 4) is 0 Å². The quantitative estimate of drug-likeness (QED) is 0.161. The van der Waals surface area contributed by atoms with Crippen LogP contribution >= 0.6 is 22.7 Å². The second-order valence-corrected chi connectivity index (χ2v) is 11.8. The lowest BCUT2D eigenvalue weighted by Crippen LogP contribution is -2.07. The van der Waals surface area contributed by atoms with Crippen LogP contribution in [0.15, 0.2) is 59.3 Å². The highest BCUT2D eigenvalue weighted by Gasteiger charge is 2.01. The van der Waals surface area contributed by atoms with Gasteiger partial charge in [-0.25, -0.2) is 0 Å². The van der Waals surface area contributed by atoms with Gasteiger partial charge in [-0.2, -0.15) is 8.42 Å². The second-order valence-electron chi connectivity index (χ2n) is 8.27. The monoisotopic (exact) mass is 550 g/mol. The van der Waals surface area contributed by atoms with Crippen molar-refractivity contribution < 1.29 is 27.2 Å². The summed E-state index contributed by atoms with van der Waals surface area (Å²) in [7, 11) is -3.33. The fraction of sp³-hybridized carbons (Fsp3) is 0.407. The number of thiophene rings is 2. The molecular formula is C27H34O6S3. The molecule has 0 amide bonds. The fourth-order valence-electron chi connectivity index (χ4n) is 3.47. The van der Waals surface area contributed by atoms with Gasteiger partial charge in [-0.1, -0.05) is 24.3 Å². The van der Waals surface area contributed by atoms with Gasteiger partial charge >= 0.3 is 0 Å². The Morgan fingerprint density at radius 1 is 0.722 bits per heavy atom. The lowest BCUT2D eigenvalue weighted by Gasteiger charge is -2.05. The second kappa shape index (κ2) is 15.4. The van der Waals surface area contributed by atoms with Crippen LogP contribution in [-0.4, -0.2) is 59.4 Å². The molecule has 196 valence electrons. The molecule has 0 bridgehead atoms. The van der Waals surface area contributed by atoms with Gasteiger partial charge in [0, 0.05) is 29.2 Å². The van der Waals surface area contributed by atoms with Crippen molar-refractivity contribution in [2.45, 2.75) is 25.7 Å². The molecule has 0 aliphatic rings. The van der Waals surface area contributed by atoms with E-state index in [1.807, 2.05) is 0 Å². The van der Waals surface area contributed by atoms with Crippen molar-refractivity contribution in [2.75, 3.05) is 45.9 Å². The number of ether oxygens (including phenoxy) is 2. The van der Waals surface area contributed by atoms with Gasteiger partial charge in [0.25, 0.3) is 10.1 Å².